The predicted octanol–water partition coefficient (Wildman–Crippen LogP) is 0.273. The normalized spacial score (nSPS) is 16.0. The van der Waals surface area contributed by atoms with Crippen LogP contribution in [0.1, 0.15) is 11.1 Å². The smallest absolute Gasteiger partial charge is 0.237 e. The number of morpholine rings is 1. The molecule has 1 aromatic carbocycles. The Morgan fingerprint density at radius 1 is 1.29 bits per heavy atom. The summed E-state index contributed by atoms with van der Waals surface area (Å²) in [5.74, 6) is -0.331. The molecule has 1 heterocycles. The van der Waals surface area contributed by atoms with E-state index in [2.05, 4.69) is 4.72 Å². The molecule has 1 aliphatic rings. The van der Waals surface area contributed by atoms with Crippen LogP contribution in [0, 0.1) is 6.92 Å². The van der Waals surface area contributed by atoms with E-state index in [9.17, 15) is 13.2 Å². The van der Waals surface area contributed by atoms with Crippen molar-refractivity contribution in [2.75, 3.05) is 32.8 Å². The molecule has 6 nitrogen and oxygen atoms in total. The number of nitrogens with zero attached hydrogens (tertiary/aromatic N) is 1. The summed E-state index contributed by atoms with van der Waals surface area (Å²) in [7, 11) is -3.52. The fourth-order valence-corrected chi connectivity index (χ4v) is 3.30. The van der Waals surface area contributed by atoms with Crippen LogP contribution in [0.2, 0.25) is 0 Å². The monoisotopic (exact) mass is 312 g/mol. The van der Waals surface area contributed by atoms with Crippen LogP contribution >= 0.6 is 0 Å². The number of rotatable bonds is 5. The molecule has 1 amide bonds. The topological polar surface area (TPSA) is 75.7 Å². The second-order valence-corrected chi connectivity index (χ2v) is 6.81. The van der Waals surface area contributed by atoms with E-state index < -0.39 is 10.0 Å². The highest BCUT2D eigenvalue weighted by molar-refractivity contribution is 7.88. The van der Waals surface area contributed by atoms with Crippen LogP contribution in [0.25, 0.3) is 0 Å². The lowest BCUT2D eigenvalue weighted by Crippen LogP contribution is -2.45. The Labute approximate surface area is 125 Å². The van der Waals surface area contributed by atoms with E-state index in [0.717, 1.165) is 11.1 Å². The SMILES string of the molecule is Cc1ccccc1CS(=O)(=O)NCC(=O)N1CCOCC1. The molecule has 0 spiro atoms. The first kappa shape index (κ1) is 15.9. The summed E-state index contributed by atoms with van der Waals surface area (Å²) in [5, 5.41) is 0. The zero-order valence-corrected chi connectivity index (χ0v) is 12.9. The van der Waals surface area contributed by atoms with Crippen molar-refractivity contribution in [3.05, 3.63) is 35.4 Å². The van der Waals surface area contributed by atoms with Gasteiger partial charge in [0.1, 0.15) is 0 Å². The van der Waals surface area contributed by atoms with E-state index in [0.29, 0.717) is 26.3 Å². The molecule has 2 rings (SSSR count). The first-order valence-electron chi connectivity index (χ1n) is 6.85. The fourth-order valence-electron chi connectivity index (χ4n) is 2.12. The van der Waals surface area contributed by atoms with Crippen molar-refractivity contribution in [3.8, 4) is 0 Å². The average Bonchev–Trinajstić information content (AvgIpc) is 2.48. The largest absolute Gasteiger partial charge is 0.378 e. The molecule has 1 N–H and O–H groups in total. The quantitative estimate of drug-likeness (QED) is 0.847. The third-order valence-electron chi connectivity index (χ3n) is 3.41. The number of nitrogens with one attached hydrogen (secondary N) is 1. The molecule has 1 saturated heterocycles. The van der Waals surface area contributed by atoms with Crippen LogP contribution in [-0.4, -0.2) is 52.1 Å². The van der Waals surface area contributed by atoms with Crippen molar-refractivity contribution in [2.45, 2.75) is 12.7 Å². The molecule has 1 aromatic rings. The number of hydrogen-bond donors (Lipinski definition) is 1. The molecular weight excluding hydrogens is 292 g/mol. The van der Waals surface area contributed by atoms with Crippen LogP contribution in [0.4, 0.5) is 0 Å². The third-order valence-corrected chi connectivity index (χ3v) is 4.69. The number of aryl methyl sites for hydroxylation is 1. The average molecular weight is 312 g/mol. The Hall–Kier alpha value is -1.44. The highest BCUT2D eigenvalue weighted by atomic mass is 32.2. The summed E-state index contributed by atoms with van der Waals surface area (Å²) >= 11 is 0. The van der Waals surface area contributed by atoms with E-state index in [1.54, 1.807) is 17.0 Å². The number of sulfonamides is 1. The molecule has 0 unspecified atom stereocenters. The van der Waals surface area contributed by atoms with Crippen molar-refractivity contribution in [1.29, 1.82) is 0 Å². The van der Waals surface area contributed by atoms with Gasteiger partial charge in [0.05, 0.1) is 25.5 Å². The highest BCUT2D eigenvalue weighted by Crippen LogP contribution is 2.10. The van der Waals surface area contributed by atoms with Crippen molar-refractivity contribution in [3.63, 3.8) is 0 Å². The van der Waals surface area contributed by atoms with E-state index in [-0.39, 0.29) is 18.2 Å². The minimum atomic E-state index is -3.52. The lowest BCUT2D eigenvalue weighted by molar-refractivity contribution is -0.133. The molecule has 0 atom stereocenters. The van der Waals surface area contributed by atoms with Gasteiger partial charge in [-0.2, -0.15) is 0 Å². The molecular formula is C14H20N2O4S. The van der Waals surface area contributed by atoms with Gasteiger partial charge in [0.25, 0.3) is 0 Å². The van der Waals surface area contributed by atoms with Gasteiger partial charge in [0.15, 0.2) is 0 Å². The molecule has 0 aliphatic carbocycles. The van der Waals surface area contributed by atoms with Crippen LogP contribution in [-0.2, 0) is 25.3 Å². The maximum Gasteiger partial charge on any atom is 0.237 e. The molecule has 116 valence electrons. The van der Waals surface area contributed by atoms with Gasteiger partial charge in [-0.1, -0.05) is 24.3 Å². The number of carbonyl (C=O) groups is 1. The number of ether oxygens (including phenoxy) is 1. The zero-order chi connectivity index (χ0) is 15.3. The van der Waals surface area contributed by atoms with Crippen LogP contribution in [0.15, 0.2) is 24.3 Å². The number of hydrogen-bond acceptors (Lipinski definition) is 4. The van der Waals surface area contributed by atoms with Gasteiger partial charge >= 0.3 is 0 Å². The zero-order valence-electron chi connectivity index (χ0n) is 12.0. The van der Waals surface area contributed by atoms with E-state index in [4.69, 9.17) is 4.74 Å². The van der Waals surface area contributed by atoms with Gasteiger partial charge < -0.3 is 9.64 Å². The van der Waals surface area contributed by atoms with Crippen LogP contribution in [0.3, 0.4) is 0 Å². The van der Waals surface area contributed by atoms with Crippen LogP contribution in [0.5, 0.6) is 0 Å². The lowest BCUT2D eigenvalue weighted by Gasteiger charge is -2.26. The van der Waals surface area contributed by atoms with Gasteiger partial charge in [0, 0.05) is 13.1 Å². The minimum Gasteiger partial charge on any atom is -0.378 e. The molecule has 7 heteroatoms. The Balaban J connectivity index is 1.89. The molecule has 21 heavy (non-hydrogen) atoms. The lowest BCUT2D eigenvalue weighted by atomic mass is 10.1. The number of carbonyl (C=O) groups excluding carboxylic acids is 1. The number of benzene rings is 1. The van der Waals surface area contributed by atoms with Crippen molar-refractivity contribution < 1.29 is 17.9 Å². The van der Waals surface area contributed by atoms with Crippen molar-refractivity contribution in [2.24, 2.45) is 0 Å². The molecule has 0 aromatic heterocycles. The molecule has 0 radical (unpaired) electrons. The summed E-state index contributed by atoms with van der Waals surface area (Å²) in [4.78, 5) is 13.5. The maximum atomic E-state index is 12.0. The summed E-state index contributed by atoms with van der Waals surface area (Å²) in [6.07, 6.45) is 0. The van der Waals surface area contributed by atoms with E-state index >= 15 is 0 Å². The van der Waals surface area contributed by atoms with Crippen molar-refractivity contribution in [1.82, 2.24) is 9.62 Å². The van der Waals surface area contributed by atoms with Gasteiger partial charge in [-0.15, -0.1) is 0 Å². The summed E-state index contributed by atoms with van der Waals surface area (Å²) in [6.45, 7) is 3.69. The molecule has 0 saturated carbocycles. The number of amides is 1. The molecule has 1 fully saturated rings. The molecule has 0 bridgehead atoms. The maximum absolute atomic E-state index is 12.0. The van der Waals surface area contributed by atoms with Gasteiger partial charge in [0.2, 0.25) is 15.9 Å². The Morgan fingerprint density at radius 3 is 2.62 bits per heavy atom. The van der Waals surface area contributed by atoms with Crippen LogP contribution < -0.4 is 4.72 Å². The summed E-state index contributed by atoms with van der Waals surface area (Å²) < 4.78 is 31.6. The highest BCUT2D eigenvalue weighted by Gasteiger charge is 2.19. The Morgan fingerprint density at radius 2 is 1.95 bits per heavy atom. The van der Waals surface area contributed by atoms with Gasteiger partial charge in [-0.3, -0.25) is 4.79 Å². The van der Waals surface area contributed by atoms with Gasteiger partial charge in [-0.25, -0.2) is 13.1 Å². The van der Waals surface area contributed by atoms with Crippen molar-refractivity contribution >= 4 is 15.9 Å². The minimum absolute atomic E-state index is 0.115. The summed E-state index contributed by atoms with van der Waals surface area (Å²) in [5.41, 5.74) is 1.66. The van der Waals surface area contributed by atoms with Gasteiger partial charge in [-0.05, 0) is 18.1 Å². The first-order chi connectivity index (χ1) is 9.98. The predicted molar refractivity (Wildman–Crippen MR) is 79.2 cm³/mol. The second kappa shape index (κ2) is 7.02. The third kappa shape index (κ3) is 4.80. The standard InChI is InChI=1S/C14H20N2O4S/c1-12-4-2-3-5-13(12)11-21(18,19)15-10-14(17)16-6-8-20-9-7-16/h2-5,15H,6-11H2,1H3. The second-order valence-electron chi connectivity index (χ2n) is 5.00. The Kier molecular flexibility index (Phi) is 5.33. The Bertz CT molecular complexity index is 595. The van der Waals surface area contributed by atoms with E-state index in [1.807, 2.05) is 19.1 Å². The first-order valence-corrected chi connectivity index (χ1v) is 8.50. The fraction of sp³-hybridized carbons (Fsp3) is 0.500. The molecule has 1 aliphatic heterocycles. The van der Waals surface area contributed by atoms with E-state index in [1.165, 1.54) is 0 Å². The summed E-state index contributed by atoms with van der Waals surface area (Å²) in [6, 6.07) is 7.31.